The Bertz CT molecular complexity index is 733. The largest absolute Gasteiger partial charge is 0.384 e. The smallest absolute Gasteiger partial charge is 0.258 e. The van der Waals surface area contributed by atoms with Crippen molar-refractivity contribution >= 4 is 11.6 Å². The molecule has 1 aromatic carbocycles. The second kappa shape index (κ2) is 6.64. The second-order valence-corrected chi connectivity index (χ2v) is 4.25. The first-order chi connectivity index (χ1) is 10.1. The van der Waals surface area contributed by atoms with Gasteiger partial charge >= 0.3 is 0 Å². The van der Waals surface area contributed by atoms with E-state index in [9.17, 15) is 9.18 Å². The molecule has 1 aromatic heterocycles. The molecule has 1 amide bonds. The van der Waals surface area contributed by atoms with Gasteiger partial charge in [0.05, 0.1) is 16.9 Å². The lowest BCUT2D eigenvalue weighted by Crippen LogP contribution is -2.15. The topological polar surface area (TPSA) is 62.2 Å². The maximum absolute atomic E-state index is 13.8. The maximum atomic E-state index is 13.8. The minimum absolute atomic E-state index is 0.108. The van der Waals surface area contributed by atoms with Gasteiger partial charge in [0, 0.05) is 11.8 Å². The standard InChI is InChI=1S/C16H13FN2O2/c1-11-15(5-2-8-18-11)19-16(21)13-10-12(4-3-9-20)6-7-14(13)17/h2,5-8,10,20H,9H2,1H3,(H,19,21). The van der Waals surface area contributed by atoms with Gasteiger partial charge in [0.25, 0.3) is 5.91 Å². The Morgan fingerprint density at radius 3 is 2.95 bits per heavy atom. The minimum atomic E-state index is -0.636. The summed E-state index contributed by atoms with van der Waals surface area (Å²) < 4.78 is 13.8. The van der Waals surface area contributed by atoms with Crippen molar-refractivity contribution < 1.29 is 14.3 Å². The van der Waals surface area contributed by atoms with Crippen LogP contribution in [-0.2, 0) is 0 Å². The van der Waals surface area contributed by atoms with Crippen LogP contribution in [0.2, 0.25) is 0 Å². The number of nitrogens with one attached hydrogen (secondary N) is 1. The van der Waals surface area contributed by atoms with Gasteiger partial charge in [-0.1, -0.05) is 11.8 Å². The SMILES string of the molecule is Cc1ncccc1NC(=O)c1cc(C#CCO)ccc1F. The van der Waals surface area contributed by atoms with E-state index >= 15 is 0 Å². The molecule has 0 aliphatic heterocycles. The van der Waals surface area contributed by atoms with Gasteiger partial charge in [-0.05, 0) is 37.3 Å². The van der Waals surface area contributed by atoms with Crippen molar-refractivity contribution in [1.29, 1.82) is 0 Å². The molecule has 0 aliphatic carbocycles. The lowest BCUT2D eigenvalue weighted by Gasteiger charge is -2.08. The number of rotatable bonds is 2. The summed E-state index contributed by atoms with van der Waals surface area (Å²) in [5, 5.41) is 11.3. The van der Waals surface area contributed by atoms with E-state index in [-0.39, 0.29) is 12.2 Å². The monoisotopic (exact) mass is 284 g/mol. The average molecular weight is 284 g/mol. The normalized spacial score (nSPS) is 9.67. The minimum Gasteiger partial charge on any atom is -0.384 e. The molecule has 0 radical (unpaired) electrons. The number of aliphatic hydroxyl groups excluding tert-OH is 1. The zero-order valence-corrected chi connectivity index (χ0v) is 11.4. The van der Waals surface area contributed by atoms with E-state index < -0.39 is 11.7 Å². The van der Waals surface area contributed by atoms with Gasteiger partial charge in [-0.25, -0.2) is 4.39 Å². The van der Waals surface area contributed by atoms with E-state index in [1.165, 1.54) is 18.2 Å². The van der Waals surface area contributed by atoms with Crippen molar-refractivity contribution in [2.75, 3.05) is 11.9 Å². The molecule has 4 nitrogen and oxygen atoms in total. The Morgan fingerprint density at radius 2 is 2.24 bits per heavy atom. The molecule has 0 aliphatic rings. The summed E-state index contributed by atoms with van der Waals surface area (Å²) >= 11 is 0. The summed E-state index contributed by atoms with van der Waals surface area (Å²) in [6.07, 6.45) is 1.61. The Kier molecular flexibility index (Phi) is 4.64. The van der Waals surface area contributed by atoms with Crippen molar-refractivity contribution in [2.45, 2.75) is 6.92 Å². The van der Waals surface area contributed by atoms with Gasteiger partial charge in [-0.2, -0.15) is 0 Å². The Hall–Kier alpha value is -2.71. The maximum Gasteiger partial charge on any atom is 0.258 e. The van der Waals surface area contributed by atoms with Crippen LogP contribution in [0.5, 0.6) is 0 Å². The molecule has 2 rings (SSSR count). The molecule has 0 unspecified atom stereocenters. The molecule has 106 valence electrons. The predicted octanol–water partition coefficient (Wildman–Crippen LogP) is 2.13. The molecule has 21 heavy (non-hydrogen) atoms. The Balaban J connectivity index is 2.28. The number of halogens is 1. The molecule has 0 atom stereocenters. The van der Waals surface area contributed by atoms with Crippen LogP contribution in [0.4, 0.5) is 10.1 Å². The second-order valence-electron chi connectivity index (χ2n) is 4.25. The predicted molar refractivity (Wildman–Crippen MR) is 77.3 cm³/mol. The zero-order valence-electron chi connectivity index (χ0n) is 11.4. The van der Waals surface area contributed by atoms with Crippen LogP contribution >= 0.6 is 0 Å². The fraction of sp³-hybridized carbons (Fsp3) is 0.125. The van der Waals surface area contributed by atoms with E-state index in [2.05, 4.69) is 22.1 Å². The van der Waals surface area contributed by atoms with Crippen molar-refractivity contribution in [1.82, 2.24) is 4.98 Å². The number of carbonyl (C=O) groups is 1. The highest BCUT2D eigenvalue weighted by atomic mass is 19.1. The Labute approximate surface area is 121 Å². The summed E-state index contributed by atoms with van der Waals surface area (Å²) in [5.74, 6) is 3.87. The van der Waals surface area contributed by atoms with Crippen LogP contribution in [-0.4, -0.2) is 22.6 Å². The summed E-state index contributed by atoms with van der Waals surface area (Å²) in [6, 6.07) is 7.34. The number of aryl methyl sites for hydroxylation is 1. The number of amides is 1. The molecule has 0 fully saturated rings. The first-order valence-electron chi connectivity index (χ1n) is 6.24. The van der Waals surface area contributed by atoms with Crippen molar-refractivity contribution in [3.05, 3.63) is 59.2 Å². The molecule has 0 saturated heterocycles. The van der Waals surface area contributed by atoms with Gasteiger partial charge in [-0.15, -0.1) is 0 Å². The Morgan fingerprint density at radius 1 is 1.43 bits per heavy atom. The van der Waals surface area contributed by atoms with Crippen LogP contribution in [0.3, 0.4) is 0 Å². The van der Waals surface area contributed by atoms with Gasteiger partial charge < -0.3 is 10.4 Å². The molecule has 0 saturated carbocycles. The number of aliphatic hydroxyl groups is 1. The number of pyridine rings is 1. The van der Waals surface area contributed by atoms with Crippen LogP contribution in [0.1, 0.15) is 21.6 Å². The molecule has 1 heterocycles. The number of hydrogen-bond donors (Lipinski definition) is 2. The van der Waals surface area contributed by atoms with Gasteiger partial charge in [0.2, 0.25) is 0 Å². The fourth-order valence-corrected chi connectivity index (χ4v) is 1.72. The molecule has 0 bridgehead atoms. The van der Waals surface area contributed by atoms with Crippen LogP contribution in [0.25, 0.3) is 0 Å². The molecular formula is C16H13FN2O2. The van der Waals surface area contributed by atoms with E-state index in [0.29, 0.717) is 16.9 Å². The lowest BCUT2D eigenvalue weighted by atomic mass is 10.1. The first-order valence-corrected chi connectivity index (χ1v) is 6.24. The zero-order chi connectivity index (χ0) is 15.2. The fourth-order valence-electron chi connectivity index (χ4n) is 1.72. The number of anilines is 1. The number of aromatic nitrogens is 1. The van der Waals surface area contributed by atoms with Crippen molar-refractivity contribution in [3.8, 4) is 11.8 Å². The van der Waals surface area contributed by atoms with Crippen LogP contribution in [0.15, 0.2) is 36.5 Å². The van der Waals surface area contributed by atoms with Crippen LogP contribution < -0.4 is 5.32 Å². The first kappa shape index (κ1) is 14.7. The third-order valence-corrected chi connectivity index (χ3v) is 2.78. The van der Waals surface area contributed by atoms with E-state index in [0.717, 1.165) is 0 Å². The van der Waals surface area contributed by atoms with E-state index in [1.54, 1.807) is 25.3 Å². The highest BCUT2D eigenvalue weighted by Gasteiger charge is 2.13. The van der Waals surface area contributed by atoms with Crippen molar-refractivity contribution in [3.63, 3.8) is 0 Å². The summed E-state index contributed by atoms with van der Waals surface area (Å²) in [4.78, 5) is 16.2. The molecule has 5 heteroatoms. The number of nitrogens with zero attached hydrogens (tertiary/aromatic N) is 1. The van der Waals surface area contributed by atoms with Crippen molar-refractivity contribution in [2.24, 2.45) is 0 Å². The van der Waals surface area contributed by atoms with E-state index in [1.807, 2.05) is 0 Å². The highest BCUT2D eigenvalue weighted by molar-refractivity contribution is 6.04. The number of carbonyl (C=O) groups excluding carboxylic acids is 1. The lowest BCUT2D eigenvalue weighted by molar-refractivity contribution is 0.102. The molecule has 0 spiro atoms. The molecular weight excluding hydrogens is 271 g/mol. The molecule has 2 N–H and O–H groups in total. The summed E-state index contributed by atoms with van der Waals surface area (Å²) in [7, 11) is 0. The van der Waals surface area contributed by atoms with Gasteiger partial charge in [-0.3, -0.25) is 9.78 Å². The highest BCUT2D eigenvalue weighted by Crippen LogP contribution is 2.15. The average Bonchev–Trinajstić information content (AvgIpc) is 2.48. The third kappa shape index (κ3) is 3.65. The van der Waals surface area contributed by atoms with E-state index in [4.69, 9.17) is 5.11 Å². The summed E-state index contributed by atoms with van der Waals surface area (Å²) in [6.45, 7) is 1.45. The quantitative estimate of drug-likeness (QED) is 0.830. The van der Waals surface area contributed by atoms with Gasteiger partial charge in [0.1, 0.15) is 12.4 Å². The number of hydrogen-bond acceptors (Lipinski definition) is 3. The van der Waals surface area contributed by atoms with Gasteiger partial charge in [0.15, 0.2) is 0 Å². The number of benzene rings is 1. The third-order valence-electron chi connectivity index (χ3n) is 2.78. The summed E-state index contributed by atoms with van der Waals surface area (Å²) in [5.41, 5.74) is 1.51. The molecule has 2 aromatic rings. The van der Waals surface area contributed by atoms with Crippen LogP contribution in [0, 0.1) is 24.6 Å².